The van der Waals surface area contributed by atoms with Crippen LogP contribution >= 0.6 is 24.0 Å². The van der Waals surface area contributed by atoms with Crippen LogP contribution in [0.25, 0.3) is 0 Å². The molecule has 2 heterocycles. The third-order valence-electron chi connectivity index (χ3n) is 2.60. The molecule has 1 aliphatic heterocycles. The maximum atomic E-state index is 4.39. The molecule has 1 saturated heterocycles. The monoisotopic (exact) mass is 228 g/mol. The van der Waals surface area contributed by atoms with Crippen LogP contribution in [-0.2, 0) is 12.2 Å². The number of hydrogen-bond donors (Lipinski definition) is 1. The van der Waals surface area contributed by atoms with Crippen LogP contribution in [-0.4, -0.2) is 29.5 Å². The van der Waals surface area contributed by atoms with E-state index in [1.807, 2.05) is 6.20 Å². The number of thiazole rings is 1. The quantitative estimate of drug-likeness (QED) is 0.795. The van der Waals surface area contributed by atoms with Crippen LogP contribution in [0.3, 0.4) is 0 Å². The predicted molar refractivity (Wildman–Crippen MR) is 64.2 cm³/mol. The molecular weight excluding hydrogens is 212 g/mol. The molecular formula is C10H16N2S2. The lowest BCUT2D eigenvalue weighted by Crippen LogP contribution is -2.21. The Bertz CT molecular complexity index is 279. The van der Waals surface area contributed by atoms with Crippen LogP contribution < -0.4 is 0 Å². The molecule has 0 atom stereocenters. The summed E-state index contributed by atoms with van der Waals surface area (Å²) in [4.78, 5) is 8.20. The molecule has 0 aromatic carbocycles. The fourth-order valence-electron chi connectivity index (χ4n) is 1.80. The van der Waals surface area contributed by atoms with Gasteiger partial charge in [-0.05, 0) is 25.9 Å². The number of rotatable bonds is 4. The van der Waals surface area contributed by atoms with Crippen LogP contribution in [0.5, 0.6) is 0 Å². The van der Waals surface area contributed by atoms with E-state index in [0.29, 0.717) is 0 Å². The second-order valence-electron chi connectivity index (χ2n) is 3.68. The molecule has 14 heavy (non-hydrogen) atoms. The minimum atomic E-state index is 0.821. The fourth-order valence-corrected chi connectivity index (χ4v) is 2.84. The Kier molecular flexibility index (Phi) is 3.84. The van der Waals surface area contributed by atoms with E-state index >= 15 is 0 Å². The van der Waals surface area contributed by atoms with Crippen molar-refractivity contribution in [2.24, 2.45) is 0 Å². The SMILES string of the molecule is SCc1cnc(CCN2CCCC2)s1. The minimum absolute atomic E-state index is 0.821. The highest BCUT2D eigenvalue weighted by atomic mass is 32.1. The summed E-state index contributed by atoms with van der Waals surface area (Å²) in [6, 6.07) is 0. The first kappa shape index (κ1) is 10.5. The molecule has 1 aromatic rings. The number of hydrogen-bond acceptors (Lipinski definition) is 4. The Balaban J connectivity index is 1.79. The van der Waals surface area contributed by atoms with Crippen molar-refractivity contribution < 1.29 is 0 Å². The first-order chi connectivity index (χ1) is 6.88. The van der Waals surface area contributed by atoms with Crippen LogP contribution in [0.2, 0.25) is 0 Å². The van der Waals surface area contributed by atoms with Gasteiger partial charge in [-0.1, -0.05) is 0 Å². The van der Waals surface area contributed by atoms with E-state index < -0.39 is 0 Å². The first-order valence-corrected chi connectivity index (χ1v) is 6.60. The summed E-state index contributed by atoms with van der Waals surface area (Å²) in [5.41, 5.74) is 0. The number of nitrogens with zero attached hydrogens (tertiary/aromatic N) is 2. The molecule has 2 nitrogen and oxygen atoms in total. The maximum Gasteiger partial charge on any atom is 0.0940 e. The van der Waals surface area contributed by atoms with Gasteiger partial charge in [0.15, 0.2) is 0 Å². The normalized spacial score (nSPS) is 17.8. The molecule has 2 rings (SSSR count). The number of likely N-dealkylation sites (tertiary alicyclic amines) is 1. The van der Waals surface area contributed by atoms with Crippen LogP contribution in [0.1, 0.15) is 22.7 Å². The fraction of sp³-hybridized carbons (Fsp3) is 0.700. The van der Waals surface area contributed by atoms with Crippen molar-refractivity contribution in [3.8, 4) is 0 Å². The van der Waals surface area contributed by atoms with Gasteiger partial charge in [0.05, 0.1) is 5.01 Å². The summed E-state index contributed by atoms with van der Waals surface area (Å²) >= 11 is 6.04. The predicted octanol–water partition coefficient (Wildman–Crippen LogP) is 2.21. The van der Waals surface area contributed by atoms with Crippen molar-refractivity contribution in [3.05, 3.63) is 16.1 Å². The Morgan fingerprint density at radius 2 is 2.21 bits per heavy atom. The lowest BCUT2D eigenvalue weighted by Gasteiger charge is -2.12. The van der Waals surface area contributed by atoms with E-state index in [4.69, 9.17) is 0 Å². The maximum absolute atomic E-state index is 4.39. The van der Waals surface area contributed by atoms with Gasteiger partial charge in [-0.25, -0.2) is 4.98 Å². The topological polar surface area (TPSA) is 16.1 Å². The van der Waals surface area contributed by atoms with Gasteiger partial charge in [-0.3, -0.25) is 0 Å². The standard InChI is InChI=1S/C10H16N2S2/c13-8-9-7-11-10(14-9)3-6-12-4-1-2-5-12/h7,13H,1-6,8H2. The van der Waals surface area contributed by atoms with Gasteiger partial charge in [0.25, 0.3) is 0 Å². The first-order valence-electron chi connectivity index (χ1n) is 5.15. The Labute approximate surface area is 94.8 Å². The smallest absolute Gasteiger partial charge is 0.0940 e. The van der Waals surface area contributed by atoms with Crippen LogP contribution in [0.4, 0.5) is 0 Å². The van der Waals surface area contributed by atoms with Gasteiger partial charge in [0.2, 0.25) is 0 Å². The van der Waals surface area contributed by atoms with Crippen LogP contribution in [0.15, 0.2) is 6.20 Å². The number of aromatic nitrogens is 1. The molecule has 1 fully saturated rings. The second-order valence-corrected chi connectivity index (χ2v) is 5.19. The molecule has 0 aliphatic carbocycles. The van der Waals surface area contributed by atoms with Crippen molar-refractivity contribution in [1.29, 1.82) is 0 Å². The molecule has 0 radical (unpaired) electrons. The average Bonchev–Trinajstić information content (AvgIpc) is 2.86. The minimum Gasteiger partial charge on any atom is -0.303 e. The van der Waals surface area contributed by atoms with Gasteiger partial charge >= 0.3 is 0 Å². The zero-order valence-electron chi connectivity index (χ0n) is 8.28. The van der Waals surface area contributed by atoms with Crippen molar-refractivity contribution in [2.75, 3.05) is 19.6 Å². The molecule has 0 saturated carbocycles. The summed E-state index contributed by atoms with van der Waals surface area (Å²) < 4.78 is 0. The van der Waals surface area contributed by atoms with Gasteiger partial charge < -0.3 is 4.90 Å². The molecule has 1 aliphatic rings. The molecule has 0 bridgehead atoms. The summed E-state index contributed by atoms with van der Waals surface area (Å²) in [5.74, 6) is 0.821. The second kappa shape index (κ2) is 5.14. The van der Waals surface area contributed by atoms with E-state index in [2.05, 4.69) is 22.5 Å². The molecule has 0 unspecified atom stereocenters. The summed E-state index contributed by atoms with van der Waals surface area (Å²) in [6.45, 7) is 3.75. The third-order valence-corrected chi connectivity index (χ3v) is 4.21. The van der Waals surface area contributed by atoms with Crippen molar-refractivity contribution in [3.63, 3.8) is 0 Å². The van der Waals surface area contributed by atoms with Crippen molar-refractivity contribution in [2.45, 2.75) is 25.0 Å². The average molecular weight is 228 g/mol. The van der Waals surface area contributed by atoms with Gasteiger partial charge in [-0.2, -0.15) is 12.6 Å². The Morgan fingerprint density at radius 1 is 1.43 bits per heavy atom. The summed E-state index contributed by atoms with van der Waals surface area (Å²) in [5, 5.41) is 1.26. The molecule has 0 spiro atoms. The zero-order valence-corrected chi connectivity index (χ0v) is 9.99. The van der Waals surface area contributed by atoms with E-state index in [9.17, 15) is 0 Å². The van der Waals surface area contributed by atoms with E-state index in [1.54, 1.807) is 11.3 Å². The summed E-state index contributed by atoms with van der Waals surface area (Å²) in [7, 11) is 0. The summed E-state index contributed by atoms with van der Waals surface area (Å²) in [6.07, 6.45) is 5.81. The Morgan fingerprint density at radius 3 is 2.86 bits per heavy atom. The molecule has 78 valence electrons. The molecule has 0 amide bonds. The molecule has 0 N–H and O–H groups in total. The van der Waals surface area contributed by atoms with Crippen molar-refractivity contribution >= 4 is 24.0 Å². The zero-order chi connectivity index (χ0) is 9.80. The molecule has 1 aromatic heterocycles. The van der Waals surface area contributed by atoms with Gasteiger partial charge in [0, 0.05) is 29.8 Å². The van der Waals surface area contributed by atoms with E-state index in [0.717, 1.165) is 12.2 Å². The lowest BCUT2D eigenvalue weighted by atomic mass is 10.4. The van der Waals surface area contributed by atoms with Crippen LogP contribution in [0, 0.1) is 0 Å². The van der Waals surface area contributed by atoms with Gasteiger partial charge in [-0.15, -0.1) is 11.3 Å². The highest BCUT2D eigenvalue weighted by Gasteiger charge is 2.11. The highest BCUT2D eigenvalue weighted by molar-refractivity contribution is 7.79. The number of thiol groups is 1. The van der Waals surface area contributed by atoms with E-state index in [1.165, 1.54) is 42.4 Å². The third kappa shape index (κ3) is 2.72. The Hall–Kier alpha value is -0.0600. The highest BCUT2D eigenvalue weighted by Crippen LogP contribution is 2.16. The van der Waals surface area contributed by atoms with Gasteiger partial charge in [0.1, 0.15) is 0 Å². The van der Waals surface area contributed by atoms with E-state index in [-0.39, 0.29) is 0 Å². The van der Waals surface area contributed by atoms with Crippen molar-refractivity contribution in [1.82, 2.24) is 9.88 Å². The lowest BCUT2D eigenvalue weighted by molar-refractivity contribution is 0.343. The molecule has 4 heteroatoms. The largest absolute Gasteiger partial charge is 0.303 e.